The number of halogens is 2. The second kappa shape index (κ2) is 5.01. The zero-order valence-corrected chi connectivity index (χ0v) is 11.8. The Morgan fingerprint density at radius 2 is 2.00 bits per heavy atom. The SMILES string of the molecule is NCC1CCN(C2CC2)C1c1cccc(Cl)c1Cl. The molecule has 0 amide bonds. The maximum atomic E-state index is 6.39. The molecule has 2 aliphatic rings. The average molecular weight is 285 g/mol. The highest BCUT2D eigenvalue weighted by Crippen LogP contribution is 2.46. The van der Waals surface area contributed by atoms with E-state index in [4.69, 9.17) is 28.9 Å². The van der Waals surface area contributed by atoms with E-state index in [1.165, 1.54) is 19.3 Å². The Balaban J connectivity index is 1.97. The van der Waals surface area contributed by atoms with Crippen molar-refractivity contribution < 1.29 is 0 Å². The molecule has 2 atom stereocenters. The highest BCUT2D eigenvalue weighted by atomic mass is 35.5. The van der Waals surface area contributed by atoms with Crippen LogP contribution in [0, 0.1) is 5.92 Å². The Hall–Kier alpha value is -0.280. The number of benzene rings is 1. The number of hydrogen-bond donors (Lipinski definition) is 1. The monoisotopic (exact) mass is 284 g/mol. The van der Waals surface area contributed by atoms with Crippen molar-refractivity contribution in [2.45, 2.75) is 31.3 Å². The van der Waals surface area contributed by atoms with E-state index in [1.54, 1.807) is 0 Å². The molecular formula is C14H18Cl2N2. The van der Waals surface area contributed by atoms with Gasteiger partial charge in [-0.2, -0.15) is 0 Å². The minimum absolute atomic E-state index is 0.355. The van der Waals surface area contributed by atoms with E-state index < -0.39 is 0 Å². The number of likely N-dealkylation sites (tertiary alicyclic amines) is 1. The summed E-state index contributed by atoms with van der Waals surface area (Å²) in [6.07, 6.45) is 3.79. The topological polar surface area (TPSA) is 29.3 Å². The van der Waals surface area contributed by atoms with Gasteiger partial charge in [0, 0.05) is 12.1 Å². The van der Waals surface area contributed by atoms with E-state index in [-0.39, 0.29) is 0 Å². The highest BCUT2D eigenvalue weighted by Gasteiger charge is 2.42. The van der Waals surface area contributed by atoms with Crippen molar-refractivity contribution >= 4 is 23.2 Å². The first kappa shape index (κ1) is 12.7. The molecule has 1 saturated carbocycles. The first-order valence-electron chi connectivity index (χ1n) is 6.62. The molecule has 3 rings (SSSR count). The number of nitrogens with zero attached hydrogens (tertiary/aromatic N) is 1. The van der Waals surface area contributed by atoms with Crippen molar-refractivity contribution in [1.29, 1.82) is 0 Å². The molecule has 98 valence electrons. The molecule has 4 heteroatoms. The second-order valence-electron chi connectivity index (χ2n) is 5.34. The molecule has 2 unspecified atom stereocenters. The molecule has 1 heterocycles. The third-order valence-electron chi connectivity index (χ3n) is 4.18. The molecule has 1 aliphatic carbocycles. The van der Waals surface area contributed by atoms with Crippen LogP contribution in [0.5, 0.6) is 0 Å². The second-order valence-corrected chi connectivity index (χ2v) is 6.13. The van der Waals surface area contributed by atoms with Gasteiger partial charge in [-0.3, -0.25) is 4.90 Å². The van der Waals surface area contributed by atoms with Gasteiger partial charge in [0.25, 0.3) is 0 Å². The smallest absolute Gasteiger partial charge is 0.0640 e. The first-order chi connectivity index (χ1) is 8.72. The minimum atomic E-state index is 0.355. The van der Waals surface area contributed by atoms with Crippen LogP contribution in [0.1, 0.15) is 30.9 Å². The van der Waals surface area contributed by atoms with E-state index in [2.05, 4.69) is 11.0 Å². The molecule has 0 aromatic heterocycles. The molecule has 1 aromatic carbocycles. The van der Waals surface area contributed by atoms with Gasteiger partial charge in [-0.05, 0) is 49.9 Å². The lowest BCUT2D eigenvalue weighted by atomic mass is 9.93. The predicted octanol–water partition coefficient (Wildman–Crippen LogP) is 3.48. The molecular weight excluding hydrogens is 267 g/mol. The zero-order valence-electron chi connectivity index (χ0n) is 10.3. The van der Waals surface area contributed by atoms with E-state index in [9.17, 15) is 0 Å². The summed E-state index contributed by atoms with van der Waals surface area (Å²) in [5.41, 5.74) is 7.09. The van der Waals surface area contributed by atoms with Crippen LogP contribution in [-0.4, -0.2) is 24.0 Å². The van der Waals surface area contributed by atoms with Crippen LogP contribution < -0.4 is 5.73 Å². The van der Waals surface area contributed by atoms with Gasteiger partial charge in [0.2, 0.25) is 0 Å². The molecule has 0 spiro atoms. The van der Waals surface area contributed by atoms with Gasteiger partial charge in [-0.1, -0.05) is 35.3 Å². The van der Waals surface area contributed by atoms with Crippen LogP contribution >= 0.6 is 23.2 Å². The summed E-state index contributed by atoms with van der Waals surface area (Å²) in [7, 11) is 0. The summed E-state index contributed by atoms with van der Waals surface area (Å²) in [6.45, 7) is 1.86. The fourth-order valence-corrected chi connectivity index (χ4v) is 3.55. The maximum absolute atomic E-state index is 6.39. The Morgan fingerprint density at radius 1 is 1.22 bits per heavy atom. The lowest BCUT2D eigenvalue weighted by molar-refractivity contribution is 0.220. The zero-order chi connectivity index (χ0) is 12.7. The molecule has 2 N–H and O–H groups in total. The normalized spacial score (nSPS) is 28.8. The van der Waals surface area contributed by atoms with Gasteiger partial charge in [0.1, 0.15) is 0 Å². The number of rotatable bonds is 3. The third kappa shape index (κ3) is 2.16. The molecule has 1 aliphatic heterocycles. The minimum Gasteiger partial charge on any atom is -0.330 e. The third-order valence-corrected chi connectivity index (χ3v) is 5.01. The lowest BCUT2D eigenvalue weighted by Gasteiger charge is -2.29. The summed E-state index contributed by atoms with van der Waals surface area (Å²) in [5, 5.41) is 1.35. The van der Waals surface area contributed by atoms with E-state index in [0.717, 1.165) is 24.7 Å². The fourth-order valence-electron chi connectivity index (χ4n) is 3.13. The van der Waals surface area contributed by atoms with Gasteiger partial charge in [0.15, 0.2) is 0 Å². The van der Waals surface area contributed by atoms with Crippen LogP contribution in [0.4, 0.5) is 0 Å². The Bertz CT molecular complexity index is 445. The van der Waals surface area contributed by atoms with Crippen molar-refractivity contribution in [2.24, 2.45) is 11.7 Å². The van der Waals surface area contributed by atoms with Crippen LogP contribution in [0.2, 0.25) is 10.0 Å². The van der Waals surface area contributed by atoms with Crippen molar-refractivity contribution in [3.8, 4) is 0 Å². The Labute approximate surface area is 118 Å². The van der Waals surface area contributed by atoms with Crippen LogP contribution in [0.3, 0.4) is 0 Å². The van der Waals surface area contributed by atoms with E-state index in [1.807, 2.05) is 12.1 Å². The molecule has 2 fully saturated rings. The lowest BCUT2D eigenvalue weighted by Crippen LogP contribution is -2.30. The Morgan fingerprint density at radius 3 is 2.67 bits per heavy atom. The molecule has 0 radical (unpaired) electrons. The quantitative estimate of drug-likeness (QED) is 0.921. The summed E-state index contributed by atoms with van der Waals surface area (Å²) < 4.78 is 0. The van der Waals surface area contributed by atoms with Gasteiger partial charge >= 0.3 is 0 Å². The van der Waals surface area contributed by atoms with Gasteiger partial charge in [-0.15, -0.1) is 0 Å². The molecule has 18 heavy (non-hydrogen) atoms. The van der Waals surface area contributed by atoms with E-state index in [0.29, 0.717) is 22.0 Å². The molecule has 1 saturated heterocycles. The van der Waals surface area contributed by atoms with E-state index >= 15 is 0 Å². The molecule has 0 bridgehead atoms. The van der Waals surface area contributed by atoms with Gasteiger partial charge in [0.05, 0.1) is 10.0 Å². The van der Waals surface area contributed by atoms with Crippen LogP contribution in [0.25, 0.3) is 0 Å². The number of nitrogens with two attached hydrogens (primary N) is 1. The highest BCUT2D eigenvalue weighted by molar-refractivity contribution is 6.42. The van der Waals surface area contributed by atoms with Crippen LogP contribution in [0.15, 0.2) is 18.2 Å². The van der Waals surface area contributed by atoms with Gasteiger partial charge in [-0.25, -0.2) is 0 Å². The summed E-state index contributed by atoms with van der Waals surface area (Å²) in [6, 6.07) is 7.03. The molecule has 1 aromatic rings. The largest absolute Gasteiger partial charge is 0.330 e. The van der Waals surface area contributed by atoms with Crippen molar-refractivity contribution in [1.82, 2.24) is 4.90 Å². The van der Waals surface area contributed by atoms with Crippen molar-refractivity contribution in [3.05, 3.63) is 33.8 Å². The fraction of sp³-hybridized carbons (Fsp3) is 0.571. The maximum Gasteiger partial charge on any atom is 0.0640 e. The van der Waals surface area contributed by atoms with Crippen LogP contribution in [-0.2, 0) is 0 Å². The predicted molar refractivity (Wildman–Crippen MR) is 76.1 cm³/mol. The number of hydrogen-bond acceptors (Lipinski definition) is 2. The molecule has 2 nitrogen and oxygen atoms in total. The van der Waals surface area contributed by atoms with Gasteiger partial charge < -0.3 is 5.73 Å². The first-order valence-corrected chi connectivity index (χ1v) is 7.37. The average Bonchev–Trinajstić information content (AvgIpc) is 3.13. The summed E-state index contributed by atoms with van der Waals surface area (Å²) in [5.74, 6) is 0.501. The summed E-state index contributed by atoms with van der Waals surface area (Å²) in [4.78, 5) is 2.58. The summed E-state index contributed by atoms with van der Waals surface area (Å²) >= 11 is 12.5. The Kier molecular flexibility index (Phi) is 3.55. The standard InChI is InChI=1S/C14H18Cl2N2/c15-12-3-1-2-11(13(12)16)14-9(8-17)6-7-18(14)10-4-5-10/h1-3,9-10,14H,4-8,17H2. The van der Waals surface area contributed by atoms with Crippen molar-refractivity contribution in [2.75, 3.05) is 13.1 Å². The van der Waals surface area contributed by atoms with Crippen molar-refractivity contribution in [3.63, 3.8) is 0 Å².